The lowest BCUT2D eigenvalue weighted by Gasteiger charge is -2.30. The number of carbonyl (C=O) groups excluding carboxylic acids is 1. The molecule has 3 fully saturated rings. The first-order valence-electron chi connectivity index (χ1n) is 14.6. The topological polar surface area (TPSA) is 88.0 Å². The Kier molecular flexibility index (Phi) is 8.42. The molecule has 2 atom stereocenters. The van der Waals surface area contributed by atoms with E-state index in [0.29, 0.717) is 37.5 Å². The molecule has 2 heterocycles. The van der Waals surface area contributed by atoms with Crippen molar-refractivity contribution < 1.29 is 27.6 Å². The Balaban J connectivity index is 1.04. The van der Waals surface area contributed by atoms with E-state index in [9.17, 15) is 28.1 Å². The number of nitrogens with zero attached hydrogens (tertiary/aromatic N) is 3. The molecule has 11 heteroatoms. The molecule has 8 nitrogen and oxygen atoms in total. The average Bonchev–Trinajstić information content (AvgIpc) is 3.51. The van der Waals surface area contributed by atoms with Crippen LogP contribution in [0.4, 0.5) is 30.2 Å². The van der Waals surface area contributed by atoms with Gasteiger partial charge in [0.15, 0.2) is 0 Å². The molecule has 1 aliphatic carbocycles. The highest BCUT2D eigenvalue weighted by Gasteiger charge is 2.42. The molecular weight excluding hydrogens is 549 g/mol. The van der Waals surface area contributed by atoms with E-state index in [1.807, 2.05) is 4.90 Å². The largest absolute Gasteiger partial charge is 0.423 e. The van der Waals surface area contributed by atoms with Gasteiger partial charge in [-0.15, -0.1) is 0 Å². The number of rotatable bonds is 7. The maximum atomic E-state index is 13.3. The molecule has 2 unspecified atom stereocenters. The maximum absolute atomic E-state index is 13.3. The van der Waals surface area contributed by atoms with E-state index in [4.69, 9.17) is 4.74 Å². The molecule has 0 aromatic heterocycles. The van der Waals surface area contributed by atoms with Gasteiger partial charge in [0.1, 0.15) is 12.2 Å². The predicted molar refractivity (Wildman–Crippen MR) is 155 cm³/mol. The standard InChI is InChI=1S/C31H39F3N4O4/c1-30(2,3)22-4-9-25(10-5-22)36-15-20-17-37(18-21(20)16-36)29(39)19-42-26-11-6-23(7-12-26)35-24-8-13-28(38(40)41)27(14-24)31(32,33)34/h4-5,8-10,13-14,20-21,23,26,35H,6-7,11-12,15-19H2,1-3H3. The molecule has 1 amide bonds. The van der Waals surface area contributed by atoms with Gasteiger partial charge >= 0.3 is 6.18 Å². The van der Waals surface area contributed by atoms with Gasteiger partial charge in [-0.3, -0.25) is 14.9 Å². The molecule has 1 N–H and O–H groups in total. The maximum Gasteiger partial charge on any atom is 0.423 e. The Morgan fingerprint density at radius 1 is 0.976 bits per heavy atom. The van der Waals surface area contributed by atoms with Crippen molar-refractivity contribution in [3.63, 3.8) is 0 Å². The third kappa shape index (κ3) is 6.82. The number of hydrogen-bond acceptors (Lipinski definition) is 6. The van der Waals surface area contributed by atoms with Crippen LogP contribution in [0.1, 0.15) is 57.6 Å². The van der Waals surface area contributed by atoms with Gasteiger partial charge in [-0.2, -0.15) is 13.2 Å². The summed E-state index contributed by atoms with van der Waals surface area (Å²) in [5.41, 5.74) is 0.654. The van der Waals surface area contributed by atoms with Gasteiger partial charge in [0.25, 0.3) is 5.69 Å². The third-order valence-electron chi connectivity index (χ3n) is 8.92. The summed E-state index contributed by atoms with van der Waals surface area (Å²) < 4.78 is 45.9. The SMILES string of the molecule is CC(C)(C)c1ccc(N2CC3CN(C(=O)COC4CCC(Nc5ccc([N+](=O)[O-])c(C(F)(F)F)c5)CC4)CC3C2)cc1. The summed E-state index contributed by atoms with van der Waals surface area (Å²) in [6, 6.07) is 11.7. The third-order valence-corrected chi connectivity index (χ3v) is 8.92. The van der Waals surface area contributed by atoms with Crippen LogP contribution in [0, 0.1) is 22.0 Å². The number of hydrogen-bond donors (Lipinski definition) is 1. The molecule has 5 rings (SSSR count). The summed E-state index contributed by atoms with van der Waals surface area (Å²) in [5, 5.41) is 14.1. The van der Waals surface area contributed by atoms with Gasteiger partial charge in [-0.1, -0.05) is 32.9 Å². The van der Waals surface area contributed by atoms with Gasteiger partial charge in [0, 0.05) is 61.5 Å². The average molecular weight is 589 g/mol. The number of ether oxygens (including phenoxy) is 1. The summed E-state index contributed by atoms with van der Waals surface area (Å²) >= 11 is 0. The first-order valence-corrected chi connectivity index (χ1v) is 14.6. The first-order chi connectivity index (χ1) is 19.8. The molecular formula is C31H39F3N4O4. The van der Waals surface area contributed by atoms with Crippen molar-refractivity contribution in [1.29, 1.82) is 0 Å². The number of nitrogens with one attached hydrogen (secondary N) is 1. The number of amides is 1. The zero-order valence-corrected chi connectivity index (χ0v) is 24.3. The second-order valence-electron chi connectivity index (χ2n) is 12.9. The summed E-state index contributed by atoms with van der Waals surface area (Å²) in [7, 11) is 0. The fourth-order valence-electron chi connectivity index (χ4n) is 6.48. The molecule has 0 bridgehead atoms. The number of halogens is 3. The molecule has 2 aromatic rings. The van der Waals surface area contributed by atoms with Crippen LogP contribution in [0.25, 0.3) is 0 Å². The minimum Gasteiger partial charge on any atom is -0.382 e. The lowest BCUT2D eigenvalue weighted by Crippen LogP contribution is -2.37. The zero-order chi connectivity index (χ0) is 30.2. The van der Waals surface area contributed by atoms with Gasteiger partial charge in [-0.05, 0) is 60.9 Å². The monoisotopic (exact) mass is 588 g/mol. The van der Waals surface area contributed by atoms with E-state index < -0.39 is 22.4 Å². The second kappa shape index (κ2) is 11.7. The van der Waals surface area contributed by atoms with E-state index >= 15 is 0 Å². The Hall–Kier alpha value is -3.34. The highest BCUT2D eigenvalue weighted by molar-refractivity contribution is 5.78. The highest BCUT2D eigenvalue weighted by Crippen LogP contribution is 2.38. The number of nitro groups is 1. The minimum absolute atomic E-state index is 0.0105. The molecule has 1 saturated carbocycles. The number of benzene rings is 2. The highest BCUT2D eigenvalue weighted by atomic mass is 19.4. The normalized spacial score (nSPS) is 24.5. The summed E-state index contributed by atoms with van der Waals surface area (Å²) in [6.45, 7) is 10.1. The lowest BCUT2D eigenvalue weighted by atomic mass is 9.87. The number of carbonyl (C=O) groups is 1. The molecule has 2 saturated heterocycles. The van der Waals surface area contributed by atoms with Crippen LogP contribution in [-0.2, 0) is 21.1 Å². The van der Waals surface area contributed by atoms with Crippen molar-refractivity contribution in [3.05, 3.63) is 63.7 Å². The number of nitro benzene ring substituents is 1. The fourth-order valence-corrected chi connectivity index (χ4v) is 6.48. The second-order valence-corrected chi connectivity index (χ2v) is 12.9. The number of anilines is 2. The van der Waals surface area contributed by atoms with Crippen LogP contribution in [0.5, 0.6) is 0 Å². The van der Waals surface area contributed by atoms with Crippen LogP contribution in [0.2, 0.25) is 0 Å². The van der Waals surface area contributed by atoms with Gasteiger partial charge in [-0.25, -0.2) is 0 Å². The van der Waals surface area contributed by atoms with Crippen molar-refractivity contribution in [2.45, 2.75) is 70.2 Å². The van der Waals surface area contributed by atoms with Crippen LogP contribution < -0.4 is 10.2 Å². The summed E-state index contributed by atoms with van der Waals surface area (Å²) in [5.74, 6) is 0.918. The van der Waals surface area contributed by atoms with E-state index in [1.54, 1.807) is 0 Å². The van der Waals surface area contributed by atoms with E-state index in [1.165, 1.54) is 17.3 Å². The molecule has 42 heavy (non-hydrogen) atoms. The van der Waals surface area contributed by atoms with Gasteiger partial charge < -0.3 is 19.9 Å². The van der Waals surface area contributed by atoms with Gasteiger partial charge in [0.05, 0.1) is 11.0 Å². The van der Waals surface area contributed by atoms with Crippen LogP contribution in [-0.4, -0.2) is 60.7 Å². The number of fused-ring (bicyclic) bond motifs is 1. The lowest BCUT2D eigenvalue weighted by molar-refractivity contribution is -0.388. The summed E-state index contributed by atoms with van der Waals surface area (Å²) in [6.07, 6.45) is -2.21. The van der Waals surface area contributed by atoms with Crippen molar-refractivity contribution in [2.24, 2.45) is 11.8 Å². The predicted octanol–water partition coefficient (Wildman–Crippen LogP) is 6.25. The Labute approximate surface area is 244 Å². The zero-order valence-electron chi connectivity index (χ0n) is 24.3. The molecule has 2 aromatic carbocycles. The van der Waals surface area contributed by atoms with Crippen LogP contribution >= 0.6 is 0 Å². The number of likely N-dealkylation sites (tertiary alicyclic amines) is 1. The Bertz CT molecular complexity index is 1270. The fraction of sp³-hybridized carbons (Fsp3) is 0.581. The van der Waals surface area contributed by atoms with Gasteiger partial charge in [0.2, 0.25) is 5.91 Å². The molecule has 0 radical (unpaired) electrons. The van der Waals surface area contributed by atoms with Crippen molar-refractivity contribution in [1.82, 2.24) is 4.90 Å². The van der Waals surface area contributed by atoms with Crippen molar-refractivity contribution in [2.75, 3.05) is 43.0 Å². The van der Waals surface area contributed by atoms with E-state index in [0.717, 1.165) is 38.3 Å². The van der Waals surface area contributed by atoms with E-state index in [-0.39, 0.29) is 35.8 Å². The Morgan fingerprint density at radius 2 is 1.60 bits per heavy atom. The first kappa shape index (κ1) is 30.1. The molecule has 2 aliphatic heterocycles. The molecule has 228 valence electrons. The minimum atomic E-state index is -4.82. The smallest absolute Gasteiger partial charge is 0.382 e. The van der Waals surface area contributed by atoms with E-state index in [2.05, 4.69) is 55.3 Å². The van der Waals surface area contributed by atoms with Crippen LogP contribution in [0.3, 0.4) is 0 Å². The van der Waals surface area contributed by atoms with Crippen LogP contribution in [0.15, 0.2) is 42.5 Å². The molecule has 0 spiro atoms. The quantitative estimate of drug-likeness (QED) is 0.304. The van der Waals surface area contributed by atoms with Crippen molar-refractivity contribution in [3.8, 4) is 0 Å². The Morgan fingerprint density at radius 3 is 2.14 bits per heavy atom. The van der Waals surface area contributed by atoms with Crippen molar-refractivity contribution >= 4 is 23.0 Å². The molecule has 3 aliphatic rings. The summed E-state index contributed by atoms with van der Waals surface area (Å²) in [4.78, 5) is 27.3. The number of alkyl halides is 3.